The highest BCUT2D eigenvalue weighted by atomic mass is 16.5. The zero-order chi connectivity index (χ0) is 17.9. The number of amides is 1. The molecule has 3 rings (SSSR count). The van der Waals surface area contributed by atoms with E-state index in [9.17, 15) is 4.79 Å². The average Bonchev–Trinajstić information content (AvgIpc) is 3.11. The third-order valence-electron chi connectivity index (χ3n) is 4.03. The minimum Gasteiger partial charge on any atom is -0.378 e. The molecule has 1 amide bonds. The molecule has 8 heteroatoms. The van der Waals surface area contributed by atoms with Crippen LogP contribution in [0, 0.1) is 0 Å². The molecule has 0 atom stereocenters. The van der Waals surface area contributed by atoms with E-state index in [2.05, 4.69) is 25.5 Å². The molecule has 1 N–H and O–H groups in total. The van der Waals surface area contributed by atoms with Crippen molar-refractivity contribution in [2.24, 2.45) is 0 Å². The van der Waals surface area contributed by atoms with E-state index in [-0.39, 0.29) is 11.4 Å². The zero-order valence-corrected chi connectivity index (χ0v) is 14.9. The maximum absolute atomic E-state index is 12.4. The molecule has 8 nitrogen and oxygen atoms in total. The number of hydrogen-bond donors (Lipinski definition) is 1. The topological polar surface area (TPSA) is 85.2 Å². The zero-order valence-electron chi connectivity index (χ0n) is 14.9. The number of hydrogen-bond acceptors (Lipinski definition) is 6. The molecule has 0 aliphatic carbocycles. The van der Waals surface area contributed by atoms with Crippen LogP contribution in [0.1, 0.15) is 36.8 Å². The molecule has 1 aliphatic rings. The lowest BCUT2D eigenvalue weighted by atomic mass is 10.1. The number of carbonyl (C=O) groups is 1. The van der Waals surface area contributed by atoms with Crippen molar-refractivity contribution in [3.8, 4) is 0 Å². The molecule has 2 aromatic heterocycles. The van der Waals surface area contributed by atoms with E-state index in [4.69, 9.17) is 4.74 Å². The molecule has 0 unspecified atom stereocenters. The number of anilines is 1. The summed E-state index contributed by atoms with van der Waals surface area (Å²) in [4.78, 5) is 19.0. The van der Waals surface area contributed by atoms with Gasteiger partial charge in [0.2, 0.25) is 0 Å². The second kappa shape index (κ2) is 7.18. The third-order valence-corrected chi connectivity index (χ3v) is 4.03. The Morgan fingerprint density at radius 3 is 2.76 bits per heavy atom. The van der Waals surface area contributed by atoms with E-state index in [0.717, 1.165) is 24.5 Å². The van der Waals surface area contributed by atoms with E-state index >= 15 is 0 Å². The maximum Gasteiger partial charge on any atom is 0.273 e. The van der Waals surface area contributed by atoms with Gasteiger partial charge < -0.3 is 15.0 Å². The highest BCUT2D eigenvalue weighted by Crippen LogP contribution is 2.18. The largest absolute Gasteiger partial charge is 0.378 e. The van der Waals surface area contributed by atoms with Crippen molar-refractivity contribution in [2.75, 3.05) is 31.2 Å². The highest BCUT2D eigenvalue weighted by Gasteiger charge is 2.19. The van der Waals surface area contributed by atoms with E-state index < -0.39 is 0 Å². The Bertz CT molecular complexity index is 731. The summed E-state index contributed by atoms with van der Waals surface area (Å²) in [5.41, 5.74) is 1.07. The minimum absolute atomic E-state index is 0.210. The van der Waals surface area contributed by atoms with Gasteiger partial charge in [-0.25, -0.2) is 9.67 Å². The van der Waals surface area contributed by atoms with Crippen LogP contribution in [0.15, 0.2) is 24.5 Å². The fourth-order valence-electron chi connectivity index (χ4n) is 2.59. The van der Waals surface area contributed by atoms with E-state index in [1.807, 2.05) is 32.9 Å². The lowest BCUT2D eigenvalue weighted by Gasteiger charge is -2.29. The van der Waals surface area contributed by atoms with Gasteiger partial charge in [-0.2, -0.15) is 0 Å². The normalized spacial score (nSPS) is 15.2. The minimum atomic E-state index is -0.243. The number of nitrogens with one attached hydrogen (secondary N) is 1. The lowest BCUT2D eigenvalue weighted by Crippen LogP contribution is -2.37. The van der Waals surface area contributed by atoms with Crippen molar-refractivity contribution in [3.05, 3.63) is 35.8 Å². The van der Waals surface area contributed by atoms with Gasteiger partial charge in [-0.1, -0.05) is 11.3 Å². The fraction of sp³-hybridized carbons (Fsp3) is 0.529. The number of pyridine rings is 1. The van der Waals surface area contributed by atoms with Crippen molar-refractivity contribution in [1.82, 2.24) is 25.3 Å². The number of nitrogens with zero attached hydrogens (tertiary/aromatic N) is 5. The summed E-state index contributed by atoms with van der Waals surface area (Å²) in [6.45, 7) is 9.41. The van der Waals surface area contributed by atoms with Crippen LogP contribution in [0.5, 0.6) is 0 Å². The first-order valence-corrected chi connectivity index (χ1v) is 8.43. The summed E-state index contributed by atoms with van der Waals surface area (Å²) >= 11 is 0. The fourth-order valence-corrected chi connectivity index (χ4v) is 2.59. The number of rotatable bonds is 4. The van der Waals surface area contributed by atoms with Crippen molar-refractivity contribution < 1.29 is 9.53 Å². The van der Waals surface area contributed by atoms with Gasteiger partial charge in [-0.05, 0) is 26.8 Å². The molecule has 0 spiro atoms. The molecule has 0 aromatic carbocycles. The van der Waals surface area contributed by atoms with Gasteiger partial charge >= 0.3 is 0 Å². The van der Waals surface area contributed by atoms with Gasteiger partial charge in [0.05, 0.1) is 24.9 Å². The third kappa shape index (κ3) is 4.14. The first-order valence-electron chi connectivity index (χ1n) is 8.43. The van der Waals surface area contributed by atoms with Gasteiger partial charge in [-0.3, -0.25) is 4.79 Å². The predicted molar refractivity (Wildman–Crippen MR) is 93.5 cm³/mol. The van der Waals surface area contributed by atoms with Gasteiger partial charge in [0.1, 0.15) is 5.82 Å². The number of aromatic nitrogens is 4. The first kappa shape index (κ1) is 17.3. The van der Waals surface area contributed by atoms with Crippen LogP contribution in [-0.2, 0) is 16.8 Å². The van der Waals surface area contributed by atoms with E-state index in [0.29, 0.717) is 25.5 Å². The molecule has 2 aromatic rings. The second-order valence-electron chi connectivity index (χ2n) is 6.99. The van der Waals surface area contributed by atoms with E-state index in [1.165, 1.54) is 0 Å². The quantitative estimate of drug-likeness (QED) is 0.897. The molecule has 0 radical (unpaired) electrons. The molecular weight excluding hydrogens is 320 g/mol. The number of carbonyl (C=O) groups excluding carboxylic acids is 1. The summed E-state index contributed by atoms with van der Waals surface area (Å²) in [5.74, 6) is 0.650. The Labute approximate surface area is 147 Å². The summed E-state index contributed by atoms with van der Waals surface area (Å²) in [6, 6.07) is 3.85. The molecule has 0 saturated carbocycles. The SMILES string of the molecule is CC(C)(C)n1cc(C(=O)NCc2cccnc2N2CCOCC2)nn1. The monoisotopic (exact) mass is 344 g/mol. The Balaban J connectivity index is 1.67. The summed E-state index contributed by atoms with van der Waals surface area (Å²) in [6.07, 6.45) is 3.44. The van der Waals surface area contributed by atoms with Crippen LogP contribution in [0.4, 0.5) is 5.82 Å². The van der Waals surface area contributed by atoms with Crippen LogP contribution < -0.4 is 10.2 Å². The van der Waals surface area contributed by atoms with Gasteiger partial charge in [-0.15, -0.1) is 5.10 Å². The summed E-state index contributed by atoms with van der Waals surface area (Å²) in [5, 5.41) is 10.9. The lowest BCUT2D eigenvalue weighted by molar-refractivity contribution is 0.0945. The Hall–Kier alpha value is -2.48. The molecule has 0 bridgehead atoms. The highest BCUT2D eigenvalue weighted by molar-refractivity contribution is 5.91. The molecule has 3 heterocycles. The van der Waals surface area contributed by atoms with Gasteiger partial charge in [0, 0.05) is 31.4 Å². The standard InChI is InChI=1S/C17H24N6O2/c1-17(2,3)23-12-14(20-21-23)16(24)19-11-13-5-4-6-18-15(13)22-7-9-25-10-8-22/h4-6,12H,7-11H2,1-3H3,(H,19,24). The smallest absolute Gasteiger partial charge is 0.273 e. The van der Waals surface area contributed by atoms with Crippen LogP contribution in [0.25, 0.3) is 0 Å². The van der Waals surface area contributed by atoms with Crippen molar-refractivity contribution in [1.29, 1.82) is 0 Å². The Kier molecular flexibility index (Phi) is 4.98. The molecule has 25 heavy (non-hydrogen) atoms. The molecule has 1 aliphatic heterocycles. The van der Waals surface area contributed by atoms with Crippen LogP contribution in [0.3, 0.4) is 0 Å². The Morgan fingerprint density at radius 1 is 1.32 bits per heavy atom. The first-order chi connectivity index (χ1) is 11.9. The number of morpholine rings is 1. The number of ether oxygens (including phenoxy) is 1. The van der Waals surface area contributed by atoms with Gasteiger partial charge in [0.15, 0.2) is 5.69 Å². The maximum atomic E-state index is 12.4. The Morgan fingerprint density at radius 2 is 2.08 bits per heavy atom. The van der Waals surface area contributed by atoms with Crippen molar-refractivity contribution in [3.63, 3.8) is 0 Å². The van der Waals surface area contributed by atoms with Gasteiger partial charge in [0.25, 0.3) is 5.91 Å². The molecule has 134 valence electrons. The second-order valence-corrected chi connectivity index (χ2v) is 6.99. The van der Waals surface area contributed by atoms with Crippen LogP contribution in [0.2, 0.25) is 0 Å². The molecule has 1 saturated heterocycles. The van der Waals surface area contributed by atoms with E-state index in [1.54, 1.807) is 17.1 Å². The van der Waals surface area contributed by atoms with Crippen LogP contribution >= 0.6 is 0 Å². The molecule has 1 fully saturated rings. The average molecular weight is 344 g/mol. The summed E-state index contributed by atoms with van der Waals surface area (Å²) in [7, 11) is 0. The summed E-state index contributed by atoms with van der Waals surface area (Å²) < 4.78 is 7.08. The van der Waals surface area contributed by atoms with Crippen molar-refractivity contribution in [2.45, 2.75) is 32.9 Å². The van der Waals surface area contributed by atoms with Crippen LogP contribution in [-0.4, -0.2) is 52.2 Å². The predicted octanol–water partition coefficient (Wildman–Crippen LogP) is 1.19. The molecular formula is C17H24N6O2. The van der Waals surface area contributed by atoms with Crippen molar-refractivity contribution >= 4 is 11.7 Å².